The number of hydrogen-bond acceptors (Lipinski definition) is 2. The summed E-state index contributed by atoms with van der Waals surface area (Å²) in [5, 5.41) is 5.01. The van der Waals surface area contributed by atoms with Crippen LogP contribution in [0.3, 0.4) is 0 Å². The topological polar surface area (TPSA) is 6.48 Å². The maximum atomic E-state index is 3.92. The molecule has 0 N–H and O–H groups in total. The molecule has 0 amide bonds. The van der Waals surface area contributed by atoms with Crippen molar-refractivity contribution in [1.82, 2.24) is 0 Å². The van der Waals surface area contributed by atoms with Gasteiger partial charge in [-0.15, -0.1) is 0 Å². The Bertz CT molecular complexity index is 2620. The van der Waals surface area contributed by atoms with Gasteiger partial charge in [-0.25, -0.2) is 0 Å². The average molecular weight is 697 g/mol. The maximum absolute atomic E-state index is 3.92. The van der Waals surface area contributed by atoms with E-state index in [-0.39, 0.29) is 5.41 Å². The Kier molecular flexibility index (Phi) is 9.19. The average Bonchev–Trinajstić information content (AvgIpc) is 3.46. The highest BCUT2D eigenvalue weighted by atomic mass is 15.1. The van der Waals surface area contributed by atoms with Crippen LogP contribution in [0.15, 0.2) is 189 Å². The number of fused-ring (bicyclic) bond motifs is 5. The fourth-order valence-corrected chi connectivity index (χ4v) is 7.90. The third-order valence-corrected chi connectivity index (χ3v) is 10.9. The van der Waals surface area contributed by atoms with Gasteiger partial charge in [-0.05, 0) is 92.7 Å². The van der Waals surface area contributed by atoms with Gasteiger partial charge in [0.15, 0.2) is 0 Å². The minimum atomic E-state index is -0.0426. The highest BCUT2D eigenvalue weighted by Crippen LogP contribution is 2.51. The molecule has 0 fully saturated rings. The largest absolute Gasteiger partial charge is 0.344 e. The van der Waals surface area contributed by atoms with Crippen molar-refractivity contribution in [2.75, 3.05) is 16.8 Å². The van der Waals surface area contributed by atoms with E-state index < -0.39 is 0 Å². The van der Waals surface area contributed by atoms with Gasteiger partial charge in [-0.1, -0.05) is 167 Å². The summed E-state index contributed by atoms with van der Waals surface area (Å²) < 4.78 is 0. The Morgan fingerprint density at radius 2 is 0.926 bits per heavy atom. The van der Waals surface area contributed by atoms with E-state index in [9.17, 15) is 0 Å². The lowest BCUT2D eigenvalue weighted by molar-refractivity contribution is 0.660. The van der Waals surface area contributed by atoms with E-state index in [1.807, 2.05) is 12.2 Å². The van der Waals surface area contributed by atoms with E-state index in [1.165, 1.54) is 66.5 Å². The third kappa shape index (κ3) is 6.27. The van der Waals surface area contributed by atoms with Crippen molar-refractivity contribution in [3.63, 3.8) is 0 Å². The summed E-state index contributed by atoms with van der Waals surface area (Å²) in [7, 11) is 2.10. The standard InChI is InChI=1S/C33H27N.C19H17N/c1-4-23-16-18-25(19-17-23)34(32-15-9-11-24-10-5-6-12-27(24)32)26-20-21-29-28-13-7-8-14-30(28)33(2,3)31(29)22-26;1-3-15-11-13-17(14-12-15)20(2)19-10-6-8-16-7-4-5-9-18(16)19/h4-22H,1H2,2-3H3;3-14H,1H2,2H3. The molecule has 0 unspecified atom stereocenters. The molecular weight excluding hydrogens is 653 g/mol. The number of anilines is 5. The molecule has 0 aromatic heterocycles. The van der Waals surface area contributed by atoms with Crippen molar-refractivity contribution in [3.05, 3.63) is 211 Å². The normalized spacial score (nSPS) is 12.3. The molecule has 2 nitrogen and oxygen atoms in total. The molecule has 0 bridgehead atoms. The summed E-state index contributed by atoms with van der Waals surface area (Å²) in [4.78, 5) is 4.60. The van der Waals surface area contributed by atoms with Crippen molar-refractivity contribution in [1.29, 1.82) is 0 Å². The van der Waals surface area contributed by atoms with Crippen molar-refractivity contribution in [3.8, 4) is 11.1 Å². The molecule has 8 aromatic rings. The lowest BCUT2D eigenvalue weighted by Gasteiger charge is -2.29. The molecule has 54 heavy (non-hydrogen) atoms. The number of hydrogen-bond donors (Lipinski definition) is 0. The van der Waals surface area contributed by atoms with Crippen molar-refractivity contribution < 1.29 is 0 Å². The SMILES string of the molecule is C=Cc1ccc(N(C)c2cccc3ccccc23)cc1.C=Cc1ccc(N(c2ccc3c(c2)C(C)(C)c2ccccc2-3)c2cccc3ccccc23)cc1. The second kappa shape index (κ2) is 14.4. The van der Waals surface area contributed by atoms with Crippen LogP contribution >= 0.6 is 0 Å². The molecule has 1 aliphatic carbocycles. The highest BCUT2D eigenvalue weighted by molar-refractivity contribution is 5.99. The van der Waals surface area contributed by atoms with E-state index >= 15 is 0 Å². The van der Waals surface area contributed by atoms with Crippen LogP contribution < -0.4 is 9.80 Å². The first-order valence-electron chi connectivity index (χ1n) is 18.6. The minimum Gasteiger partial charge on any atom is -0.344 e. The van der Waals surface area contributed by atoms with Gasteiger partial charge in [0, 0.05) is 46.0 Å². The molecule has 0 aliphatic heterocycles. The van der Waals surface area contributed by atoms with Crippen LogP contribution in [0.25, 0.3) is 44.8 Å². The fourth-order valence-electron chi connectivity index (χ4n) is 7.90. The number of benzene rings is 8. The Hall–Kier alpha value is -6.64. The monoisotopic (exact) mass is 696 g/mol. The van der Waals surface area contributed by atoms with Gasteiger partial charge in [-0.3, -0.25) is 0 Å². The minimum absolute atomic E-state index is 0.0426. The first-order valence-corrected chi connectivity index (χ1v) is 18.6. The lowest BCUT2D eigenvalue weighted by atomic mass is 9.82. The molecule has 1 aliphatic rings. The molecule has 8 aromatic carbocycles. The summed E-state index contributed by atoms with van der Waals surface area (Å²) in [5.74, 6) is 0. The van der Waals surface area contributed by atoms with Crippen molar-refractivity contribution in [2.45, 2.75) is 19.3 Å². The Balaban J connectivity index is 0.000000176. The summed E-state index contributed by atoms with van der Waals surface area (Å²) in [6.07, 6.45) is 3.75. The van der Waals surface area contributed by atoms with Crippen LogP contribution in [0, 0.1) is 0 Å². The van der Waals surface area contributed by atoms with Gasteiger partial charge in [0.1, 0.15) is 0 Å². The van der Waals surface area contributed by atoms with Gasteiger partial charge in [0.05, 0.1) is 5.69 Å². The van der Waals surface area contributed by atoms with Crippen LogP contribution in [0.5, 0.6) is 0 Å². The van der Waals surface area contributed by atoms with E-state index in [0.29, 0.717) is 0 Å². The molecule has 0 radical (unpaired) electrons. The van der Waals surface area contributed by atoms with Crippen LogP contribution in [0.1, 0.15) is 36.1 Å². The predicted molar refractivity (Wildman–Crippen MR) is 235 cm³/mol. The van der Waals surface area contributed by atoms with Crippen LogP contribution in [-0.4, -0.2) is 7.05 Å². The molecule has 0 atom stereocenters. The molecule has 9 rings (SSSR count). The molecule has 2 heteroatoms. The Morgan fingerprint density at radius 3 is 1.56 bits per heavy atom. The molecule has 0 saturated heterocycles. The van der Waals surface area contributed by atoms with Crippen LogP contribution in [-0.2, 0) is 5.41 Å². The zero-order valence-electron chi connectivity index (χ0n) is 31.2. The molecule has 0 spiro atoms. The van der Waals surface area contributed by atoms with E-state index in [1.54, 1.807) is 0 Å². The summed E-state index contributed by atoms with van der Waals surface area (Å²) >= 11 is 0. The Labute approximate surface area is 319 Å². The number of rotatable bonds is 7. The quantitative estimate of drug-likeness (QED) is 0.164. The zero-order valence-corrected chi connectivity index (χ0v) is 31.2. The van der Waals surface area contributed by atoms with Crippen LogP contribution in [0.4, 0.5) is 28.4 Å². The Morgan fingerprint density at radius 1 is 0.444 bits per heavy atom. The maximum Gasteiger partial charge on any atom is 0.0540 e. The third-order valence-electron chi connectivity index (χ3n) is 10.9. The van der Waals surface area contributed by atoms with E-state index in [4.69, 9.17) is 0 Å². The molecule has 262 valence electrons. The van der Waals surface area contributed by atoms with Gasteiger partial charge in [-0.2, -0.15) is 0 Å². The zero-order chi connectivity index (χ0) is 37.2. The van der Waals surface area contributed by atoms with Gasteiger partial charge >= 0.3 is 0 Å². The highest BCUT2D eigenvalue weighted by Gasteiger charge is 2.35. The smallest absolute Gasteiger partial charge is 0.0540 e. The second-order valence-corrected chi connectivity index (χ2v) is 14.4. The van der Waals surface area contributed by atoms with E-state index in [0.717, 1.165) is 16.8 Å². The van der Waals surface area contributed by atoms with Crippen molar-refractivity contribution in [2.24, 2.45) is 0 Å². The summed E-state index contributed by atoms with van der Waals surface area (Å²) in [6.45, 7) is 12.4. The molecular formula is C52H44N2. The first-order chi connectivity index (χ1) is 26.4. The van der Waals surface area contributed by atoms with Crippen LogP contribution in [0.2, 0.25) is 0 Å². The van der Waals surface area contributed by atoms with Gasteiger partial charge in [0.25, 0.3) is 0 Å². The molecule has 0 saturated carbocycles. The van der Waals surface area contributed by atoms with Gasteiger partial charge < -0.3 is 9.80 Å². The van der Waals surface area contributed by atoms with Gasteiger partial charge in [0.2, 0.25) is 0 Å². The first kappa shape index (κ1) is 34.4. The summed E-state index contributed by atoms with van der Waals surface area (Å²) in [5.41, 5.74) is 13.5. The predicted octanol–water partition coefficient (Wildman–Crippen LogP) is 14.5. The molecule has 0 heterocycles. The second-order valence-electron chi connectivity index (χ2n) is 14.4. The number of nitrogens with zero attached hydrogens (tertiary/aromatic N) is 2. The fraction of sp³-hybridized carbons (Fsp3) is 0.0769. The van der Waals surface area contributed by atoms with Crippen molar-refractivity contribution >= 4 is 62.1 Å². The summed E-state index contributed by atoms with van der Waals surface area (Å²) in [6, 6.07) is 62.9. The lowest BCUT2D eigenvalue weighted by Crippen LogP contribution is -2.16. The van der Waals surface area contributed by atoms with E-state index in [2.05, 4.69) is 220 Å².